The van der Waals surface area contributed by atoms with Gasteiger partial charge in [-0.1, -0.05) is 0 Å². The van der Waals surface area contributed by atoms with E-state index < -0.39 is 16.0 Å². The zero-order chi connectivity index (χ0) is 14.0. The highest BCUT2D eigenvalue weighted by Gasteiger charge is 2.15. The normalized spacial score (nSPS) is 11.2. The zero-order valence-electron chi connectivity index (χ0n) is 9.94. The van der Waals surface area contributed by atoms with Crippen molar-refractivity contribution in [3.63, 3.8) is 0 Å². The maximum absolute atomic E-state index is 12.0. The average molecular weight is 281 g/mol. The Bertz CT molecular complexity index is 704. The van der Waals surface area contributed by atoms with Crippen molar-refractivity contribution in [2.24, 2.45) is 7.05 Å². The third-order valence-corrected chi connectivity index (χ3v) is 3.77. The van der Waals surface area contributed by atoms with Crippen LogP contribution in [0.5, 0.6) is 0 Å². The molecule has 1 aromatic heterocycles. The number of aromatic nitrogens is 2. The Balaban J connectivity index is 2.26. The van der Waals surface area contributed by atoms with Crippen molar-refractivity contribution in [3.8, 4) is 0 Å². The molecule has 2 aromatic rings. The van der Waals surface area contributed by atoms with Gasteiger partial charge in [0.25, 0.3) is 10.0 Å². The van der Waals surface area contributed by atoms with Gasteiger partial charge in [0, 0.05) is 13.2 Å². The van der Waals surface area contributed by atoms with E-state index in [4.69, 9.17) is 5.11 Å². The monoisotopic (exact) mass is 281 g/mol. The molecule has 0 saturated carbocycles. The minimum Gasteiger partial charge on any atom is -0.478 e. The number of nitrogens with one attached hydrogen (secondary N) is 1. The fourth-order valence-corrected chi connectivity index (χ4v) is 2.49. The first-order valence-electron chi connectivity index (χ1n) is 5.23. The van der Waals surface area contributed by atoms with E-state index >= 15 is 0 Å². The highest BCUT2D eigenvalue weighted by Crippen LogP contribution is 2.15. The highest BCUT2D eigenvalue weighted by molar-refractivity contribution is 7.92. The van der Waals surface area contributed by atoms with Crippen LogP contribution < -0.4 is 4.72 Å². The molecule has 0 saturated heterocycles. The fourth-order valence-electron chi connectivity index (χ4n) is 1.46. The number of sulfonamides is 1. The molecule has 100 valence electrons. The van der Waals surface area contributed by atoms with Gasteiger partial charge in [-0.2, -0.15) is 5.10 Å². The van der Waals surface area contributed by atoms with Gasteiger partial charge in [0.1, 0.15) is 0 Å². The standard InChI is InChI=1S/C11H11N3O4S/c1-14-7-9(6-12-14)13-19(17,18)10-4-2-8(3-5-10)11(15)16/h2-7,13H,1H3,(H,15,16). The molecule has 0 unspecified atom stereocenters. The third kappa shape index (κ3) is 2.91. The Morgan fingerprint density at radius 3 is 2.42 bits per heavy atom. The number of benzene rings is 1. The Labute approximate surface area is 109 Å². The summed E-state index contributed by atoms with van der Waals surface area (Å²) < 4.78 is 27.8. The number of anilines is 1. The first kappa shape index (κ1) is 13.1. The molecular weight excluding hydrogens is 270 g/mol. The number of aryl methyl sites for hydroxylation is 1. The van der Waals surface area contributed by atoms with E-state index in [9.17, 15) is 13.2 Å². The molecule has 19 heavy (non-hydrogen) atoms. The Morgan fingerprint density at radius 1 is 1.32 bits per heavy atom. The second kappa shape index (κ2) is 4.73. The number of hydrogen-bond acceptors (Lipinski definition) is 4. The van der Waals surface area contributed by atoms with E-state index in [1.54, 1.807) is 7.05 Å². The van der Waals surface area contributed by atoms with Crippen LogP contribution in [-0.2, 0) is 17.1 Å². The van der Waals surface area contributed by atoms with Crippen LogP contribution in [0.25, 0.3) is 0 Å². The summed E-state index contributed by atoms with van der Waals surface area (Å²) in [7, 11) is -2.07. The van der Waals surface area contributed by atoms with Gasteiger partial charge in [0.2, 0.25) is 0 Å². The predicted octanol–water partition coefficient (Wildman–Crippen LogP) is 0.919. The van der Waals surface area contributed by atoms with E-state index in [0.29, 0.717) is 5.69 Å². The van der Waals surface area contributed by atoms with Crippen LogP contribution in [0.3, 0.4) is 0 Å². The van der Waals surface area contributed by atoms with Crippen molar-refractivity contribution in [2.45, 2.75) is 4.90 Å². The Kier molecular flexibility index (Phi) is 3.26. The number of hydrogen-bond donors (Lipinski definition) is 2. The SMILES string of the molecule is Cn1cc(NS(=O)(=O)c2ccc(C(=O)O)cc2)cn1. The molecule has 8 heteroatoms. The number of carboxylic acids is 1. The van der Waals surface area contributed by atoms with Crippen LogP contribution in [0, 0.1) is 0 Å². The number of rotatable bonds is 4. The summed E-state index contributed by atoms with van der Waals surface area (Å²) in [5.74, 6) is -1.11. The minimum absolute atomic E-state index is 0.0126. The van der Waals surface area contributed by atoms with Crippen LogP contribution in [0.15, 0.2) is 41.6 Å². The van der Waals surface area contributed by atoms with Crippen molar-refractivity contribution in [1.29, 1.82) is 0 Å². The van der Waals surface area contributed by atoms with E-state index in [0.717, 1.165) is 0 Å². The maximum atomic E-state index is 12.0. The quantitative estimate of drug-likeness (QED) is 0.867. The summed E-state index contributed by atoms with van der Waals surface area (Å²) in [6.07, 6.45) is 2.90. The van der Waals surface area contributed by atoms with E-state index in [-0.39, 0.29) is 10.5 Å². The van der Waals surface area contributed by atoms with Crippen molar-refractivity contribution in [3.05, 3.63) is 42.2 Å². The molecule has 0 aliphatic heterocycles. The van der Waals surface area contributed by atoms with Gasteiger partial charge < -0.3 is 5.11 Å². The largest absolute Gasteiger partial charge is 0.478 e. The molecule has 0 bridgehead atoms. The highest BCUT2D eigenvalue weighted by atomic mass is 32.2. The molecule has 0 radical (unpaired) electrons. The number of carbonyl (C=O) groups is 1. The smallest absolute Gasteiger partial charge is 0.335 e. The van der Waals surface area contributed by atoms with Crippen molar-refractivity contribution >= 4 is 21.7 Å². The van der Waals surface area contributed by atoms with Gasteiger partial charge in [0.05, 0.1) is 22.3 Å². The molecule has 1 aromatic carbocycles. The predicted molar refractivity (Wildman–Crippen MR) is 67.4 cm³/mol. The molecule has 0 aliphatic rings. The molecule has 0 atom stereocenters. The lowest BCUT2D eigenvalue weighted by Crippen LogP contribution is -2.12. The molecule has 1 heterocycles. The van der Waals surface area contributed by atoms with Crippen LogP contribution in [0.1, 0.15) is 10.4 Å². The van der Waals surface area contributed by atoms with Gasteiger partial charge in [-0.15, -0.1) is 0 Å². The molecule has 2 N–H and O–H groups in total. The topological polar surface area (TPSA) is 101 Å². The van der Waals surface area contributed by atoms with Crippen LogP contribution in [-0.4, -0.2) is 29.3 Å². The maximum Gasteiger partial charge on any atom is 0.335 e. The molecule has 0 amide bonds. The van der Waals surface area contributed by atoms with Crippen molar-refractivity contribution in [2.75, 3.05) is 4.72 Å². The second-order valence-corrected chi connectivity index (χ2v) is 5.52. The molecular formula is C11H11N3O4S. The summed E-state index contributed by atoms with van der Waals surface area (Å²) in [5, 5.41) is 12.6. The van der Waals surface area contributed by atoms with Crippen LogP contribution in [0.4, 0.5) is 5.69 Å². The first-order valence-corrected chi connectivity index (χ1v) is 6.71. The van der Waals surface area contributed by atoms with Gasteiger partial charge in [-0.25, -0.2) is 13.2 Å². The molecule has 0 aliphatic carbocycles. The molecule has 7 nitrogen and oxygen atoms in total. The summed E-state index contributed by atoms with van der Waals surface area (Å²) in [6.45, 7) is 0. The van der Waals surface area contributed by atoms with Crippen LogP contribution in [0.2, 0.25) is 0 Å². The lowest BCUT2D eigenvalue weighted by molar-refractivity contribution is 0.0697. The average Bonchev–Trinajstić information content (AvgIpc) is 2.74. The summed E-state index contributed by atoms with van der Waals surface area (Å²) >= 11 is 0. The van der Waals surface area contributed by atoms with Crippen molar-refractivity contribution in [1.82, 2.24) is 9.78 Å². The first-order chi connectivity index (χ1) is 8.88. The van der Waals surface area contributed by atoms with Crippen LogP contribution >= 0.6 is 0 Å². The van der Waals surface area contributed by atoms with E-state index in [2.05, 4.69) is 9.82 Å². The van der Waals surface area contributed by atoms with E-state index in [1.807, 2.05) is 0 Å². The summed E-state index contributed by atoms with van der Waals surface area (Å²) in [6, 6.07) is 4.95. The summed E-state index contributed by atoms with van der Waals surface area (Å²) in [5.41, 5.74) is 0.366. The van der Waals surface area contributed by atoms with Gasteiger partial charge in [0.15, 0.2) is 0 Å². The van der Waals surface area contributed by atoms with Gasteiger partial charge in [-0.3, -0.25) is 9.40 Å². The number of nitrogens with zero attached hydrogens (tertiary/aromatic N) is 2. The fraction of sp³-hybridized carbons (Fsp3) is 0.0909. The summed E-state index contributed by atoms with van der Waals surface area (Å²) in [4.78, 5) is 10.7. The van der Waals surface area contributed by atoms with Crippen molar-refractivity contribution < 1.29 is 18.3 Å². The lowest BCUT2D eigenvalue weighted by Gasteiger charge is -2.05. The second-order valence-electron chi connectivity index (χ2n) is 3.84. The van der Waals surface area contributed by atoms with E-state index in [1.165, 1.54) is 41.3 Å². The lowest BCUT2D eigenvalue weighted by atomic mass is 10.2. The third-order valence-electron chi connectivity index (χ3n) is 2.37. The zero-order valence-corrected chi connectivity index (χ0v) is 10.8. The number of carboxylic acid groups (broad SMARTS) is 1. The van der Waals surface area contributed by atoms with Gasteiger partial charge >= 0.3 is 5.97 Å². The molecule has 0 fully saturated rings. The minimum atomic E-state index is -3.74. The Hall–Kier alpha value is -2.35. The number of aromatic carboxylic acids is 1. The Morgan fingerprint density at radius 2 is 1.95 bits per heavy atom. The van der Waals surface area contributed by atoms with Gasteiger partial charge in [-0.05, 0) is 24.3 Å². The molecule has 2 rings (SSSR count). The molecule has 0 spiro atoms.